The first-order valence-corrected chi connectivity index (χ1v) is 7.10. The van der Waals surface area contributed by atoms with Crippen molar-refractivity contribution in [2.24, 2.45) is 0 Å². The van der Waals surface area contributed by atoms with Crippen LogP contribution >= 0.6 is 0 Å². The lowest BCUT2D eigenvalue weighted by molar-refractivity contribution is -0.0521. The van der Waals surface area contributed by atoms with E-state index in [2.05, 4.69) is 27.8 Å². The second kappa shape index (κ2) is 4.67. The SMILES string of the molecule is Cc1cnn(C2CN(CC3(O)CCCCC3)C2)c1. The third-order valence-corrected chi connectivity index (χ3v) is 4.34. The van der Waals surface area contributed by atoms with Gasteiger partial charge >= 0.3 is 0 Å². The van der Waals surface area contributed by atoms with Crippen LogP contribution in [0.5, 0.6) is 0 Å². The normalized spacial score (nSPS) is 25.0. The summed E-state index contributed by atoms with van der Waals surface area (Å²) >= 11 is 0. The summed E-state index contributed by atoms with van der Waals surface area (Å²) in [5.74, 6) is 0. The highest BCUT2D eigenvalue weighted by atomic mass is 16.3. The second-order valence-electron chi connectivity index (χ2n) is 6.13. The van der Waals surface area contributed by atoms with E-state index in [9.17, 15) is 5.11 Å². The highest BCUT2D eigenvalue weighted by molar-refractivity contribution is 5.02. The van der Waals surface area contributed by atoms with Crippen molar-refractivity contribution in [3.63, 3.8) is 0 Å². The Morgan fingerprint density at radius 1 is 1.33 bits per heavy atom. The molecule has 1 saturated carbocycles. The molecule has 1 aliphatic heterocycles. The van der Waals surface area contributed by atoms with Crippen molar-refractivity contribution in [2.45, 2.75) is 50.7 Å². The fourth-order valence-corrected chi connectivity index (χ4v) is 3.26. The fraction of sp³-hybridized carbons (Fsp3) is 0.786. The Hall–Kier alpha value is -0.870. The molecule has 0 unspecified atom stereocenters. The summed E-state index contributed by atoms with van der Waals surface area (Å²) in [4.78, 5) is 2.37. The second-order valence-corrected chi connectivity index (χ2v) is 6.13. The molecular weight excluding hydrogens is 226 g/mol. The molecule has 0 radical (unpaired) electrons. The van der Waals surface area contributed by atoms with E-state index in [1.54, 1.807) is 0 Å². The van der Waals surface area contributed by atoms with Gasteiger partial charge < -0.3 is 5.11 Å². The molecular formula is C14H23N3O. The Morgan fingerprint density at radius 2 is 2.06 bits per heavy atom. The maximum absolute atomic E-state index is 10.5. The highest BCUT2D eigenvalue weighted by Crippen LogP contribution is 2.31. The number of rotatable bonds is 3. The van der Waals surface area contributed by atoms with Crippen LogP contribution in [0.2, 0.25) is 0 Å². The fourth-order valence-electron chi connectivity index (χ4n) is 3.26. The zero-order valence-corrected chi connectivity index (χ0v) is 11.2. The predicted molar refractivity (Wildman–Crippen MR) is 70.5 cm³/mol. The van der Waals surface area contributed by atoms with Crippen molar-refractivity contribution in [1.29, 1.82) is 0 Å². The van der Waals surface area contributed by atoms with E-state index in [0.29, 0.717) is 6.04 Å². The van der Waals surface area contributed by atoms with Crippen molar-refractivity contribution in [3.8, 4) is 0 Å². The van der Waals surface area contributed by atoms with Crippen LogP contribution in [0.4, 0.5) is 0 Å². The summed E-state index contributed by atoms with van der Waals surface area (Å²) in [6.45, 7) is 4.99. The molecule has 2 aliphatic rings. The number of likely N-dealkylation sites (tertiary alicyclic amines) is 1. The minimum Gasteiger partial charge on any atom is -0.389 e. The number of nitrogens with zero attached hydrogens (tertiary/aromatic N) is 3. The summed E-state index contributed by atoms with van der Waals surface area (Å²) in [5, 5.41) is 14.9. The van der Waals surface area contributed by atoms with Crippen LogP contribution in [-0.4, -0.2) is 45.0 Å². The zero-order chi connectivity index (χ0) is 12.6. The van der Waals surface area contributed by atoms with Gasteiger partial charge in [0.25, 0.3) is 0 Å². The van der Waals surface area contributed by atoms with Crippen LogP contribution in [0.15, 0.2) is 12.4 Å². The lowest BCUT2D eigenvalue weighted by Gasteiger charge is -2.44. The van der Waals surface area contributed by atoms with E-state index < -0.39 is 5.60 Å². The molecule has 100 valence electrons. The lowest BCUT2D eigenvalue weighted by atomic mass is 9.84. The first-order valence-electron chi connectivity index (χ1n) is 7.10. The summed E-state index contributed by atoms with van der Waals surface area (Å²) in [6.07, 6.45) is 9.65. The number of β-amino-alcohol motifs (C(OH)–C–C–N with tert-alkyl or cyclic N) is 1. The molecule has 18 heavy (non-hydrogen) atoms. The lowest BCUT2D eigenvalue weighted by Crippen LogP contribution is -2.54. The van der Waals surface area contributed by atoms with Gasteiger partial charge in [-0.15, -0.1) is 0 Å². The Balaban J connectivity index is 1.50. The summed E-state index contributed by atoms with van der Waals surface area (Å²) in [5.41, 5.74) is 0.808. The Bertz CT molecular complexity index is 403. The molecule has 1 aromatic heterocycles. The smallest absolute Gasteiger partial charge is 0.0774 e. The Morgan fingerprint density at radius 3 is 2.67 bits per heavy atom. The van der Waals surface area contributed by atoms with E-state index >= 15 is 0 Å². The summed E-state index contributed by atoms with van der Waals surface area (Å²) in [6, 6.07) is 0.505. The molecule has 2 heterocycles. The number of aryl methyl sites for hydroxylation is 1. The first kappa shape index (κ1) is 12.2. The summed E-state index contributed by atoms with van der Waals surface area (Å²) < 4.78 is 2.07. The van der Waals surface area contributed by atoms with Crippen LogP contribution in [0.25, 0.3) is 0 Å². The minimum atomic E-state index is -0.413. The van der Waals surface area contributed by atoms with E-state index in [1.165, 1.54) is 24.8 Å². The van der Waals surface area contributed by atoms with Gasteiger partial charge in [0.05, 0.1) is 17.8 Å². The van der Waals surface area contributed by atoms with Gasteiger partial charge in [0.15, 0.2) is 0 Å². The molecule has 0 atom stereocenters. The third-order valence-electron chi connectivity index (χ3n) is 4.34. The van der Waals surface area contributed by atoms with Crippen molar-refractivity contribution < 1.29 is 5.11 Å². The van der Waals surface area contributed by atoms with Gasteiger partial charge in [-0.05, 0) is 25.3 Å². The number of aromatic nitrogens is 2. The van der Waals surface area contributed by atoms with Crippen molar-refractivity contribution in [3.05, 3.63) is 18.0 Å². The maximum atomic E-state index is 10.5. The van der Waals surface area contributed by atoms with Gasteiger partial charge in [-0.1, -0.05) is 19.3 Å². The average Bonchev–Trinajstić information content (AvgIpc) is 2.70. The van der Waals surface area contributed by atoms with Gasteiger partial charge in [-0.2, -0.15) is 5.10 Å². The van der Waals surface area contributed by atoms with Crippen LogP contribution in [0, 0.1) is 6.92 Å². The average molecular weight is 249 g/mol. The van der Waals surface area contributed by atoms with Gasteiger partial charge in [0.1, 0.15) is 0 Å². The van der Waals surface area contributed by atoms with Crippen molar-refractivity contribution in [2.75, 3.05) is 19.6 Å². The predicted octanol–water partition coefficient (Wildman–Crippen LogP) is 1.74. The molecule has 0 amide bonds. The number of hydrogen-bond acceptors (Lipinski definition) is 3. The molecule has 0 bridgehead atoms. The maximum Gasteiger partial charge on any atom is 0.0774 e. The number of hydrogen-bond donors (Lipinski definition) is 1. The largest absolute Gasteiger partial charge is 0.389 e. The monoisotopic (exact) mass is 249 g/mol. The van der Waals surface area contributed by atoms with Crippen molar-refractivity contribution >= 4 is 0 Å². The van der Waals surface area contributed by atoms with Gasteiger partial charge in [0, 0.05) is 25.8 Å². The van der Waals surface area contributed by atoms with Crippen LogP contribution < -0.4 is 0 Å². The van der Waals surface area contributed by atoms with Gasteiger partial charge in [-0.3, -0.25) is 9.58 Å². The van der Waals surface area contributed by atoms with Crippen molar-refractivity contribution in [1.82, 2.24) is 14.7 Å². The van der Waals surface area contributed by atoms with E-state index in [-0.39, 0.29) is 0 Å². The Kier molecular flexibility index (Phi) is 3.16. The molecule has 3 rings (SSSR count). The van der Waals surface area contributed by atoms with Gasteiger partial charge in [0.2, 0.25) is 0 Å². The van der Waals surface area contributed by atoms with Crippen LogP contribution in [0.3, 0.4) is 0 Å². The topological polar surface area (TPSA) is 41.3 Å². The Labute approximate surface area is 109 Å². The molecule has 4 nitrogen and oxygen atoms in total. The molecule has 1 aliphatic carbocycles. The number of aliphatic hydroxyl groups is 1. The molecule has 4 heteroatoms. The van der Waals surface area contributed by atoms with Crippen LogP contribution in [0.1, 0.15) is 43.7 Å². The molecule has 0 aromatic carbocycles. The van der Waals surface area contributed by atoms with Gasteiger partial charge in [-0.25, -0.2) is 0 Å². The minimum absolute atomic E-state index is 0.413. The van der Waals surface area contributed by atoms with E-state index in [4.69, 9.17) is 0 Å². The quantitative estimate of drug-likeness (QED) is 0.887. The highest BCUT2D eigenvalue weighted by Gasteiger charge is 2.37. The van der Waals surface area contributed by atoms with Crippen LogP contribution in [-0.2, 0) is 0 Å². The standard InChI is InChI=1S/C14H23N3O/c1-12-7-15-17(8-12)13-9-16(10-13)11-14(18)5-3-2-4-6-14/h7-8,13,18H,2-6,9-11H2,1H3. The molecule has 1 N–H and O–H groups in total. The van der Waals surface area contributed by atoms with E-state index in [0.717, 1.165) is 32.5 Å². The summed E-state index contributed by atoms with van der Waals surface area (Å²) in [7, 11) is 0. The molecule has 1 saturated heterocycles. The third kappa shape index (κ3) is 2.45. The first-order chi connectivity index (χ1) is 8.65. The molecule has 0 spiro atoms. The zero-order valence-electron chi connectivity index (χ0n) is 11.2. The molecule has 2 fully saturated rings. The molecule has 1 aromatic rings. The van der Waals surface area contributed by atoms with E-state index in [1.807, 2.05) is 6.20 Å².